The summed E-state index contributed by atoms with van der Waals surface area (Å²) in [6.07, 6.45) is 4.87. The van der Waals surface area contributed by atoms with Crippen molar-refractivity contribution in [1.29, 1.82) is 0 Å². The number of carbonyl (C=O) groups is 1. The normalized spacial score (nSPS) is 27.8. The lowest BCUT2D eigenvalue weighted by Gasteiger charge is -2.39. The van der Waals surface area contributed by atoms with Crippen LogP contribution in [-0.4, -0.2) is 20.4 Å². The first-order valence-corrected chi connectivity index (χ1v) is 11.5. The van der Waals surface area contributed by atoms with E-state index in [-0.39, 0.29) is 34.2 Å². The number of furan rings is 1. The zero-order chi connectivity index (χ0) is 20.9. The summed E-state index contributed by atoms with van der Waals surface area (Å²) in [6.45, 7) is 6.98. The quantitative estimate of drug-likeness (QED) is 0.751. The van der Waals surface area contributed by atoms with Crippen LogP contribution in [0.15, 0.2) is 52.0 Å². The van der Waals surface area contributed by atoms with E-state index in [1.54, 1.807) is 24.3 Å². The van der Waals surface area contributed by atoms with Gasteiger partial charge in [0, 0.05) is 11.6 Å². The van der Waals surface area contributed by atoms with E-state index in [0.29, 0.717) is 17.2 Å². The fourth-order valence-corrected chi connectivity index (χ4v) is 6.11. The number of sulfonamides is 1. The van der Waals surface area contributed by atoms with Crippen molar-refractivity contribution in [3.8, 4) is 0 Å². The summed E-state index contributed by atoms with van der Waals surface area (Å²) in [5.74, 6) is 1.03. The highest BCUT2D eigenvalue weighted by Crippen LogP contribution is 2.65. The molecule has 7 heteroatoms. The number of hydrogen-bond donors (Lipinski definition) is 2. The molecule has 156 valence electrons. The van der Waals surface area contributed by atoms with Crippen molar-refractivity contribution in [3.63, 3.8) is 0 Å². The first-order chi connectivity index (χ1) is 13.6. The number of hydrogen-bond acceptors (Lipinski definition) is 4. The summed E-state index contributed by atoms with van der Waals surface area (Å²) < 4.78 is 32.5. The molecule has 1 aromatic heterocycles. The zero-order valence-electron chi connectivity index (χ0n) is 17.1. The van der Waals surface area contributed by atoms with Gasteiger partial charge in [0.2, 0.25) is 10.0 Å². The zero-order valence-corrected chi connectivity index (χ0v) is 17.9. The Bertz CT molecular complexity index is 996. The lowest BCUT2D eigenvalue weighted by molar-refractivity contribution is 0.0826. The van der Waals surface area contributed by atoms with E-state index < -0.39 is 10.0 Å². The smallest absolute Gasteiger partial charge is 0.251 e. The van der Waals surface area contributed by atoms with Crippen LogP contribution in [0.5, 0.6) is 0 Å². The van der Waals surface area contributed by atoms with Crippen molar-refractivity contribution in [3.05, 3.63) is 54.0 Å². The van der Waals surface area contributed by atoms with Crippen molar-refractivity contribution < 1.29 is 17.6 Å². The Morgan fingerprint density at radius 1 is 1.17 bits per heavy atom. The van der Waals surface area contributed by atoms with E-state index in [9.17, 15) is 13.2 Å². The van der Waals surface area contributed by atoms with Gasteiger partial charge in [0.25, 0.3) is 5.91 Å². The van der Waals surface area contributed by atoms with E-state index in [1.165, 1.54) is 24.8 Å². The highest BCUT2D eigenvalue weighted by Gasteiger charge is 2.61. The first kappa shape index (κ1) is 20.2. The summed E-state index contributed by atoms with van der Waals surface area (Å²) in [4.78, 5) is 12.9. The van der Waals surface area contributed by atoms with E-state index in [1.807, 2.05) is 0 Å². The van der Waals surface area contributed by atoms with Gasteiger partial charge >= 0.3 is 0 Å². The number of amides is 1. The second-order valence-electron chi connectivity index (χ2n) is 9.06. The van der Waals surface area contributed by atoms with E-state index >= 15 is 0 Å². The molecule has 1 aromatic carbocycles. The Morgan fingerprint density at radius 3 is 2.45 bits per heavy atom. The van der Waals surface area contributed by atoms with Crippen molar-refractivity contribution >= 4 is 15.9 Å². The molecule has 2 aliphatic carbocycles. The minimum atomic E-state index is -3.68. The average molecular weight is 417 g/mol. The maximum Gasteiger partial charge on any atom is 0.251 e. The van der Waals surface area contributed by atoms with Crippen LogP contribution in [0.4, 0.5) is 0 Å². The molecule has 2 fully saturated rings. The maximum atomic E-state index is 12.8. The molecule has 29 heavy (non-hydrogen) atoms. The van der Waals surface area contributed by atoms with Crippen molar-refractivity contribution in [2.45, 2.75) is 57.5 Å². The third-order valence-electron chi connectivity index (χ3n) is 7.54. The van der Waals surface area contributed by atoms with Crippen molar-refractivity contribution in [1.82, 2.24) is 10.0 Å². The molecule has 0 radical (unpaired) electrons. The number of carbonyl (C=O) groups excluding carboxylic acids is 1. The molecular weight excluding hydrogens is 388 g/mol. The third-order valence-corrected chi connectivity index (χ3v) is 8.96. The lowest BCUT2D eigenvalue weighted by Crippen LogP contribution is -2.46. The molecule has 1 amide bonds. The number of benzene rings is 1. The Balaban J connectivity index is 1.42. The molecule has 6 nitrogen and oxygen atoms in total. The van der Waals surface area contributed by atoms with Crippen LogP contribution in [0.25, 0.3) is 0 Å². The molecule has 4 rings (SSSR count). The highest BCUT2D eigenvalue weighted by atomic mass is 32.2. The second kappa shape index (κ2) is 6.99. The van der Waals surface area contributed by atoms with Crippen LogP contribution in [0.3, 0.4) is 0 Å². The summed E-state index contributed by atoms with van der Waals surface area (Å²) in [6, 6.07) is 9.62. The van der Waals surface area contributed by atoms with Gasteiger partial charge in [-0.05, 0) is 72.4 Å². The van der Waals surface area contributed by atoms with Crippen LogP contribution in [-0.2, 0) is 16.6 Å². The van der Waals surface area contributed by atoms with Crippen LogP contribution in [0.2, 0.25) is 0 Å². The van der Waals surface area contributed by atoms with Gasteiger partial charge in [-0.15, -0.1) is 0 Å². The van der Waals surface area contributed by atoms with Gasteiger partial charge in [0.05, 0.1) is 17.7 Å². The number of nitrogens with one attached hydrogen (secondary N) is 2. The fraction of sp³-hybridized carbons (Fsp3) is 0.500. The minimum absolute atomic E-state index is 0.0782. The van der Waals surface area contributed by atoms with Gasteiger partial charge in [0.1, 0.15) is 5.76 Å². The molecule has 0 saturated heterocycles. The van der Waals surface area contributed by atoms with E-state index in [4.69, 9.17) is 4.42 Å². The second-order valence-corrected chi connectivity index (χ2v) is 10.8. The van der Waals surface area contributed by atoms with Crippen LogP contribution >= 0.6 is 0 Å². The number of rotatable bonds is 6. The topological polar surface area (TPSA) is 88.4 Å². The molecule has 0 aliphatic heterocycles. The van der Waals surface area contributed by atoms with Crippen LogP contribution in [0.1, 0.15) is 56.2 Å². The predicted octanol–water partition coefficient (Wildman–Crippen LogP) is 3.70. The van der Waals surface area contributed by atoms with Gasteiger partial charge in [-0.1, -0.05) is 20.8 Å². The SMILES string of the molecule is CC1(C)C2CCC1(C)C(NC(=O)c1ccc(S(=O)(=O)NCc3ccco3)cc1)C2. The standard InChI is InChI=1S/C22H28N2O4S/c1-21(2)16-10-11-22(21,3)19(13-16)24-20(25)15-6-8-18(9-7-15)29(26,27)23-14-17-5-4-12-28-17/h4-9,12,16,19,23H,10-11,13-14H2,1-3H3,(H,24,25). The Kier molecular flexibility index (Phi) is 4.86. The van der Waals surface area contributed by atoms with E-state index in [0.717, 1.165) is 12.8 Å². The van der Waals surface area contributed by atoms with Gasteiger partial charge in [-0.25, -0.2) is 13.1 Å². The van der Waals surface area contributed by atoms with Crippen molar-refractivity contribution in [2.75, 3.05) is 0 Å². The predicted molar refractivity (Wildman–Crippen MR) is 110 cm³/mol. The molecule has 3 unspecified atom stereocenters. The minimum Gasteiger partial charge on any atom is -0.468 e. The largest absolute Gasteiger partial charge is 0.468 e. The summed E-state index contributed by atoms with van der Waals surface area (Å²) in [5, 5.41) is 3.21. The lowest BCUT2D eigenvalue weighted by atomic mass is 9.69. The average Bonchev–Trinajstić information content (AvgIpc) is 3.33. The third kappa shape index (κ3) is 3.40. The molecule has 2 bridgehead atoms. The maximum absolute atomic E-state index is 12.8. The Labute approximate surface area is 172 Å². The highest BCUT2D eigenvalue weighted by molar-refractivity contribution is 7.89. The molecular formula is C22H28N2O4S. The van der Waals surface area contributed by atoms with Gasteiger partial charge < -0.3 is 9.73 Å². The monoisotopic (exact) mass is 416 g/mol. The van der Waals surface area contributed by atoms with Gasteiger partial charge in [-0.3, -0.25) is 4.79 Å². The van der Waals surface area contributed by atoms with Crippen LogP contribution < -0.4 is 10.0 Å². The van der Waals surface area contributed by atoms with Gasteiger partial charge in [0.15, 0.2) is 0 Å². The molecule has 2 N–H and O–H groups in total. The Morgan fingerprint density at radius 2 is 1.90 bits per heavy atom. The Hall–Kier alpha value is -2.12. The van der Waals surface area contributed by atoms with Gasteiger partial charge in [-0.2, -0.15) is 0 Å². The number of fused-ring (bicyclic) bond motifs is 2. The summed E-state index contributed by atoms with van der Waals surface area (Å²) in [7, 11) is -3.68. The first-order valence-electron chi connectivity index (χ1n) is 10.1. The summed E-state index contributed by atoms with van der Waals surface area (Å²) in [5.41, 5.74) is 0.800. The van der Waals surface area contributed by atoms with Crippen molar-refractivity contribution in [2.24, 2.45) is 16.7 Å². The molecule has 2 saturated carbocycles. The molecule has 0 spiro atoms. The molecule has 2 aromatic rings. The van der Waals surface area contributed by atoms with Crippen LogP contribution in [0, 0.1) is 16.7 Å². The summed E-state index contributed by atoms with van der Waals surface area (Å²) >= 11 is 0. The van der Waals surface area contributed by atoms with E-state index in [2.05, 4.69) is 30.8 Å². The molecule has 2 aliphatic rings. The molecule has 1 heterocycles. The fourth-order valence-electron chi connectivity index (χ4n) is 5.11. The molecule has 3 atom stereocenters.